The fraction of sp³-hybridized carbons (Fsp3) is 0.263. The van der Waals surface area contributed by atoms with Crippen LogP contribution in [0.15, 0.2) is 42.5 Å². The third-order valence-corrected chi connectivity index (χ3v) is 4.05. The summed E-state index contributed by atoms with van der Waals surface area (Å²) in [6, 6.07) is 11.8. The summed E-state index contributed by atoms with van der Waals surface area (Å²) in [5.74, 6) is -0.0268. The normalized spacial score (nSPS) is 10.3. The number of nitrogens with one attached hydrogen (secondary N) is 3. The Morgan fingerprint density at radius 1 is 1.18 bits per heavy atom. The number of benzene rings is 2. The van der Waals surface area contributed by atoms with Gasteiger partial charge in [-0.2, -0.15) is 0 Å². The highest BCUT2D eigenvalue weighted by molar-refractivity contribution is 7.80. The van der Waals surface area contributed by atoms with Crippen molar-refractivity contribution in [3.05, 3.63) is 63.7 Å². The molecule has 0 spiro atoms. The second kappa shape index (κ2) is 9.65. The zero-order valence-corrected chi connectivity index (χ0v) is 16.6. The van der Waals surface area contributed by atoms with Gasteiger partial charge >= 0.3 is 5.69 Å². The van der Waals surface area contributed by atoms with Crippen molar-refractivity contribution >= 4 is 34.6 Å². The average molecular weight is 402 g/mol. The molecule has 0 bridgehead atoms. The molecular weight excluding hydrogens is 380 g/mol. The number of thiocarbonyl (C=S) groups is 1. The molecular formula is C19H22N4O4S. The van der Waals surface area contributed by atoms with E-state index in [0.717, 1.165) is 11.8 Å². The number of nitrogens with zero attached hydrogens (tertiary/aromatic N) is 1. The van der Waals surface area contributed by atoms with Gasteiger partial charge in [0.25, 0.3) is 5.91 Å². The number of nitro groups is 1. The topological polar surface area (TPSA) is 106 Å². The maximum Gasteiger partial charge on any atom is 0.311 e. The maximum absolute atomic E-state index is 12.2. The van der Waals surface area contributed by atoms with Crippen LogP contribution in [0.1, 0.15) is 42.6 Å². The van der Waals surface area contributed by atoms with Crippen molar-refractivity contribution in [1.29, 1.82) is 0 Å². The minimum absolute atomic E-state index is 0.103. The van der Waals surface area contributed by atoms with Crippen molar-refractivity contribution in [2.24, 2.45) is 0 Å². The lowest BCUT2D eigenvalue weighted by Crippen LogP contribution is -2.43. The molecule has 0 radical (unpaired) electrons. The lowest BCUT2D eigenvalue weighted by molar-refractivity contribution is -0.385. The van der Waals surface area contributed by atoms with Gasteiger partial charge < -0.3 is 10.1 Å². The lowest BCUT2D eigenvalue weighted by Gasteiger charge is -2.13. The van der Waals surface area contributed by atoms with E-state index in [0.29, 0.717) is 5.92 Å². The van der Waals surface area contributed by atoms with Crippen molar-refractivity contribution < 1.29 is 14.5 Å². The van der Waals surface area contributed by atoms with Crippen molar-refractivity contribution in [2.45, 2.75) is 26.7 Å². The third kappa shape index (κ3) is 5.65. The summed E-state index contributed by atoms with van der Waals surface area (Å²) in [6.07, 6.45) is 0. The number of amides is 1. The Labute approximate surface area is 168 Å². The standard InChI is InChI=1S/C19H22N4O4S/c1-4-27-17-10-7-14(11-16(17)23(25)26)18(24)21-22-19(28)20-15-8-5-13(6-9-15)12(2)3/h5-12H,4H2,1-3H3,(H,21,24)(H2,20,22,28). The first-order chi connectivity index (χ1) is 13.3. The molecule has 1 amide bonds. The van der Waals surface area contributed by atoms with E-state index in [1.807, 2.05) is 24.3 Å². The number of rotatable bonds is 6. The molecule has 0 aliphatic rings. The van der Waals surface area contributed by atoms with E-state index in [9.17, 15) is 14.9 Å². The predicted octanol–water partition coefficient (Wildman–Crippen LogP) is 3.75. The van der Waals surface area contributed by atoms with Gasteiger partial charge in [-0.25, -0.2) is 0 Å². The number of carbonyl (C=O) groups excluding carboxylic acids is 1. The van der Waals surface area contributed by atoms with E-state index >= 15 is 0 Å². The molecule has 28 heavy (non-hydrogen) atoms. The van der Waals surface area contributed by atoms with Crippen LogP contribution < -0.4 is 20.9 Å². The minimum Gasteiger partial charge on any atom is -0.487 e. The van der Waals surface area contributed by atoms with Gasteiger partial charge in [0, 0.05) is 17.3 Å². The highest BCUT2D eigenvalue weighted by Crippen LogP contribution is 2.27. The summed E-state index contributed by atoms with van der Waals surface area (Å²) in [4.78, 5) is 22.8. The minimum atomic E-state index is -0.595. The van der Waals surface area contributed by atoms with Gasteiger partial charge in [-0.05, 0) is 54.9 Å². The Bertz CT molecular complexity index is 869. The highest BCUT2D eigenvalue weighted by Gasteiger charge is 2.18. The molecule has 9 heteroatoms. The molecule has 0 heterocycles. The Balaban J connectivity index is 1.96. The Morgan fingerprint density at radius 2 is 1.86 bits per heavy atom. The number of hydrogen-bond donors (Lipinski definition) is 3. The molecule has 0 aliphatic heterocycles. The summed E-state index contributed by atoms with van der Waals surface area (Å²) in [7, 11) is 0. The quantitative estimate of drug-likeness (QED) is 0.384. The highest BCUT2D eigenvalue weighted by atomic mass is 32.1. The maximum atomic E-state index is 12.2. The molecule has 2 aromatic carbocycles. The number of anilines is 1. The number of carbonyl (C=O) groups is 1. The van der Waals surface area contributed by atoms with Crippen molar-refractivity contribution in [1.82, 2.24) is 10.9 Å². The largest absolute Gasteiger partial charge is 0.487 e. The molecule has 0 aromatic heterocycles. The van der Waals surface area contributed by atoms with Gasteiger partial charge in [-0.1, -0.05) is 26.0 Å². The first-order valence-electron chi connectivity index (χ1n) is 8.70. The van der Waals surface area contributed by atoms with E-state index in [-0.39, 0.29) is 28.7 Å². The van der Waals surface area contributed by atoms with Gasteiger partial charge in [0.15, 0.2) is 10.9 Å². The first kappa shape index (κ1) is 21.1. The van der Waals surface area contributed by atoms with Gasteiger partial charge in [0.1, 0.15) is 0 Å². The Kier molecular flexibility index (Phi) is 7.28. The van der Waals surface area contributed by atoms with E-state index in [1.165, 1.54) is 17.7 Å². The summed E-state index contributed by atoms with van der Waals surface area (Å²) < 4.78 is 5.20. The van der Waals surface area contributed by atoms with Crippen molar-refractivity contribution in [3.8, 4) is 5.75 Å². The van der Waals surface area contributed by atoms with Crippen molar-refractivity contribution in [2.75, 3.05) is 11.9 Å². The van der Waals surface area contributed by atoms with Crippen LogP contribution in [0.25, 0.3) is 0 Å². The molecule has 0 unspecified atom stereocenters. The van der Waals surface area contributed by atoms with Gasteiger partial charge in [0.05, 0.1) is 11.5 Å². The first-order valence-corrected chi connectivity index (χ1v) is 9.11. The number of hydrogen-bond acceptors (Lipinski definition) is 5. The SMILES string of the molecule is CCOc1ccc(C(=O)NNC(=S)Nc2ccc(C(C)C)cc2)cc1[N+](=O)[O-]. The van der Waals surface area contributed by atoms with Crippen LogP contribution in [0.5, 0.6) is 5.75 Å². The number of hydrazine groups is 1. The van der Waals surface area contributed by atoms with Crippen LogP contribution in [-0.2, 0) is 0 Å². The van der Waals surface area contributed by atoms with Crippen LogP contribution >= 0.6 is 12.2 Å². The predicted molar refractivity (Wildman–Crippen MR) is 112 cm³/mol. The lowest BCUT2D eigenvalue weighted by atomic mass is 10.0. The second-order valence-corrected chi connectivity index (χ2v) is 6.59. The van der Waals surface area contributed by atoms with Crippen LogP contribution in [0.4, 0.5) is 11.4 Å². The molecule has 8 nitrogen and oxygen atoms in total. The van der Waals surface area contributed by atoms with E-state index < -0.39 is 10.8 Å². The third-order valence-electron chi connectivity index (χ3n) is 3.84. The summed E-state index contributed by atoms with van der Waals surface area (Å²) >= 11 is 5.15. The van der Waals surface area contributed by atoms with Gasteiger partial charge in [0.2, 0.25) is 0 Å². The molecule has 0 saturated carbocycles. The number of nitro benzene ring substituents is 1. The fourth-order valence-electron chi connectivity index (χ4n) is 2.38. The molecule has 0 aliphatic carbocycles. The average Bonchev–Trinajstić information content (AvgIpc) is 2.67. The van der Waals surface area contributed by atoms with Gasteiger partial charge in [-0.3, -0.25) is 25.8 Å². The number of ether oxygens (including phenoxy) is 1. The fourth-order valence-corrected chi connectivity index (χ4v) is 2.55. The van der Waals surface area contributed by atoms with Crippen LogP contribution in [-0.4, -0.2) is 22.5 Å². The van der Waals surface area contributed by atoms with Crippen LogP contribution in [0.2, 0.25) is 0 Å². The Morgan fingerprint density at radius 3 is 2.43 bits per heavy atom. The zero-order valence-electron chi connectivity index (χ0n) is 15.8. The molecule has 0 atom stereocenters. The van der Waals surface area contributed by atoms with Crippen molar-refractivity contribution in [3.63, 3.8) is 0 Å². The zero-order chi connectivity index (χ0) is 20.7. The molecule has 148 valence electrons. The van der Waals surface area contributed by atoms with E-state index in [4.69, 9.17) is 17.0 Å². The molecule has 3 N–H and O–H groups in total. The second-order valence-electron chi connectivity index (χ2n) is 6.18. The summed E-state index contributed by atoms with van der Waals surface area (Å²) in [5.41, 5.74) is 6.79. The summed E-state index contributed by atoms with van der Waals surface area (Å²) in [5, 5.41) is 14.3. The van der Waals surface area contributed by atoms with Crippen LogP contribution in [0.3, 0.4) is 0 Å². The molecule has 0 saturated heterocycles. The Hall–Kier alpha value is -3.20. The smallest absolute Gasteiger partial charge is 0.311 e. The van der Waals surface area contributed by atoms with Crippen LogP contribution in [0, 0.1) is 10.1 Å². The molecule has 2 aromatic rings. The monoisotopic (exact) mass is 402 g/mol. The summed E-state index contributed by atoms with van der Waals surface area (Å²) in [6.45, 7) is 6.22. The van der Waals surface area contributed by atoms with E-state index in [2.05, 4.69) is 30.0 Å². The van der Waals surface area contributed by atoms with E-state index in [1.54, 1.807) is 6.92 Å². The molecule has 0 fully saturated rings. The molecule has 2 rings (SSSR count). The van der Waals surface area contributed by atoms with Gasteiger partial charge in [-0.15, -0.1) is 0 Å².